The fourth-order valence-corrected chi connectivity index (χ4v) is 5.26. The maximum atomic E-state index is 11.6. The predicted molar refractivity (Wildman–Crippen MR) is 162 cm³/mol. The molecule has 0 amide bonds. The summed E-state index contributed by atoms with van der Waals surface area (Å²) in [6.45, 7) is 8.87. The van der Waals surface area contributed by atoms with Crippen LogP contribution in [0.3, 0.4) is 0 Å². The Balaban J connectivity index is 1.55. The minimum Gasteiger partial charge on any atom is -0.507 e. The van der Waals surface area contributed by atoms with Crippen LogP contribution in [0.1, 0.15) is 49.9 Å². The van der Waals surface area contributed by atoms with Crippen LogP contribution in [-0.2, 0) is 10.8 Å². The molecule has 0 atom stereocenters. The van der Waals surface area contributed by atoms with Gasteiger partial charge in [0.25, 0.3) is 0 Å². The highest BCUT2D eigenvalue weighted by atomic mass is 16.3. The zero-order valence-corrected chi connectivity index (χ0v) is 22.8. The van der Waals surface area contributed by atoms with Gasteiger partial charge in [-0.15, -0.1) is 4.91 Å². The molecule has 0 unspecified atom stereocenters. The average Bonchev–Trinajstić information content (AvgIpc) is 2.98. The van der Waals surface area contributed by atoms with Gasteiger partial charge in [0.15, 0.2) is 0 Å². The monoisotopic (exact) mass is 511 g/mol. The lowest BCUT2D eigenvalue weighted by atomic mass is 9.72. The van der Waals surface area contributed by atoms with Crippen molar-refractivity contribution in [2.75, 3.05) is 0 Å². The van der Waals surface area contributed by atoms with Gasteiger partial charge in [-0.1, -0.05) is 125 Å². The van der Waals surface area contributed by atoms with Crippen LogP contribution in [0.5, 0.6) is 5.75 Å². The molecule has 39 heavy (non-hydrogen) atoms. The van der Waals surface area contributed by atoms with Gasteiger partial charge in [-0.3, -0.25) is 0 Å². The summed E-state index contributed by atoms with van der Waals surface area (Å²) >= 11 is 0. The van der Waals surface area contributed by atoms with Gasteiger partial charge in [0, 0.05) is 22.0 Å². The van der Waals surface area contributed by atoms with Crippen LogP contribution >= 0.6 is 0 Å². The van der Waals surface area contributed by atoms with E-state index in [9.17, 15) is 10.0 Å². The van der Waals surface area contributed by atoms with Crippen molar-refractivity contribution in [3.63, 3.8) is 0 Å². The fraction of sp³-hybridized carbons (Fsp3) is 0.167. The zero-order chi connectivity index (χ0) is 27.6. The van der Waals surface area contributed by atoms with Gasteiger partial charge < -0.3 is 5.11 Å². The van der Waals surface area contributed by atoms with E-state index in [4.69, 9.17) is 0 Å². The summed E-state index contributed by atoms with van der Waals surface area (Å²) in [4.78, 5) is 11.6. The first-order valence-corrected chi connectivity index (χ1v) is 13.2. The van der Waals surface area contributed by atoms with Crippen LogP contribution in [-0.4, -0.2) is 5.11 Å². The Morgan fingerprint density at radius 1 is 0.513 bits per heavy atom. The van der Waals surface area contributed by atoms with Crippen molar-refractivity contribution in [2.24, 2.45) is 5.18 Å². The number of rotatable bonds is 7. The lowest BCUT2D eigenvalue weighted by molar-refractivity contribution is 0.476. The highest BCUT2D eigenvalue weighted by Gasteiger charge is 2.29. The molecule has 194 valence electrons. The Morgan fingerprint density at radius 3 is 1.51 bits per heavy atom. The van der Waals surface area contributed by atoms with Crippen molar-refractivity contribution in [1.29, 1.82) is 0 Å². The molecule has 0 aliphatic heterocycles. The van der Waals surface area contributed by atoms with E-state index >= 15 is 0 Å². The molecule has 0 bridgehead atoms. The summed E-state index contributed by atoms with van der Waals surface area (Å²) in [5.41, 5.74) is 8.06. The third-order valence-corrected chi connectivity index (χ3v) is 8.01. The summed E-state index contributed by atoms with van der Waals surface area (Å²) in [6.07, 6.45) is 0. The van der Waals surface area contributed by atoms with E-state index in [-0.39, 0.29) is 16.6 Å². The number of phenols is 1. The number of aromatic hydroxyl groups is 1. The third kappa shape index (κ3) is 5.00. The maximum Gasteiger partial charge on any atom is 0.123 e. The molecule has 1 N–H and O–H groups in total. The first-order valence-electron chi connectivity index (χ1n) is 13.2. The van der Waals surface area contributed by atoms with E-state index in [1.54, 1.807) is 6.07 Å². The summed E-state index contributed by atoms with van der Waals surface area (Å²) in [7, 11) is 0. The van der Waals surface area contributed by atoms with Gasteiger partial charge in [-0.25, -0.2) is 0 Å². The maximum absolute atomic E-state index is 11.6. The lowest BCUT2D eigenvalue weighted by Crippen LogP contribution is -2.23. The lowest BCUT2D eigenvalue weighted by Gasteiger charge is -2.31. The molecule has 0 fully saturated rings. The minimum absolute atomic E-state index is 0.276. The Hall–Kier alpha value is -4.50. The first kappa shape index (κ1) is 26.1. The normalized spacial score (nSPS) is 11.8. The van der Waals surface area contributed by atoms with Gasteiger partial charge in [0.2, 0.25) is 0 Å². The molecule has 0 saturated carbocycles. The highest BCUT2D eigenvalue weighted by molar-refractivity contribution is 5.77. The second kappa shape index (κ2) is 10.3. The summed E-state index contributed by atoms with van der Waals surface area (Å²) < 4.78 is 0. The summed E-state index contributed by atoms with van der Waals surface area (Å²) in [5, 5.41) is 13.9. The molecule has 0 heterocycles. The summed E-state index contributed by atoms with van der Waals surface area (Å²) in [5.74, 6) is 0.276. The molecule has 0 saturated heterocycles. The zero-order valence-electron chi connectivity index (χ0n) is 22.8. The molecule has 0 aliphatic rings. The van der Waals surface area contributed by atoms with Crippen LogP contribution in [0.4, 0.5) is 5.69 Å². The van der Waals surface area contributed by atoms with E-state index in [0.29, 0.717) is 5.69 Å². The third-order valence-electron chi connectivity index (χ3n) is 8.01. The number of nitrogens with zero attached hydrogens (tertiary/aromatic N) is 1. The van der Waals surface area contributed by atoms with Crippen LogP contribution in [0.2, 0.25) is 0 Å². The van der Waals surface area contributed by atoms with Crippen LogP contribution in [0.25, 0.3) is 22.3 Å². The van der Waals surface area contributed by atoms with Gasteiger partial charge in [0.05, 0.1) is 0 Å². The molecule has 0 aliphatic carbocycles. The predicted octanol–water partition coefficient (Wildman–Crippen LogP) is 9.78. The Bertz CT molecular complexity index is 1620. The molecule has 3 nitrogen and oxygen atoms in total. The van der Waals surface area contributed by atoms with E-state index in [0.717, 1.165) is 33.4 Å². The number of hydrogen-bond donors (Lipinski definition) is 1. The van der Waals surface area contributed by atoms with Crippen molar-refractivity contribution in [2.45, 2.75) is 38.5 Å². The van der Waals surface area contributed by atoms with Crippen molar-refractivity contribution < 1.29 is 5.11 Å². The quantitative estimate of drug-likeness (QED) is 0.221. The van der Waals surface area contributed by atoms with Crippen molar-refractivity contribution in [1.82, 2.24) is 0 Å². The molecule has 5 aromatic carbocycles. The molecule has 5 aromatic rings. The van der Waals surface area contributed by atoms with Gasteiger partial charge in [-0.05, 0) is 62.8 Å². The molecule has 5 rings (SSSR count). The number of nitroso groups, excluding NO2 is 1. The van der Waals surface area contributed by atoms with Crippen LogP contribution < -0.4 is 0 Å². The molecule has 3 heteroatoms. The average molecular weight is 512 g/mol. The second-order valence-corrected chi connectivity index (χ2v) is 11.1. The van der Waals surface area contributed by atoms with Crippen molar-refractivity contribution >= 4 is 5.69 Å². The van der Waals surface area contributed by atoms with Gasteiger partial charge in [-0.2, -0.15) is 0 Å². The summed E-state index contributed by atoms with van der Waals surface area (Å²) in [6, 6.07) is 40.5. The Morgan fingerprint density at radius 2 is 0.974 bits per heavy atom. The first-order chi connectivity index (χ1) is 18.7. The second-order valence-electron chi connectivity index (χ2n) is 11.1. The van der Waals surface area contributed by atoms with E-state index in [1.165, 1.54) is 11.1 Å². The fourth-order valence-electron chi connectivity index (χ4n) is 5.26. The molecule has 0 spiro atoms. The number of hydrogen-bond acceptors (Lipinski definition) is 3. The Kier molecular flexibility index (Phi) is 6.93. The number of phenolic OH excluding ortho intramolecular Hbond substituents is 1. The van der Waals surface area contributed by atoms with Crippen LogP contribution in [0.15, 0.2) is 127 Å². The van der Waals surface area contributed by atoms with Gasteiger partial charge >= 0.3 is 0 Å². The standard InChI is InChI=1S/C36H33NO2/c1-35(2,29-18-20-33(37-39)31(23-29)25-12-7-5-8-13-25)27-16-11-17-28(22-27)36(3,4)30-19-21-34(38)32(24-30)26-14-9-6-10-15-26/h5-24,38H,1-4H3. The van der Waals surface area contributed by atoms with E-state index in [2.05, 4.69) is 69.3 Å². The molecular weight excluding hydrogens is 478 g/mol. The van der Waals surface area contributed by atoms with E-state index < -0.39 is 0 Å². The Labute approximate surface area is 230 Å². The molecular formula is C36H33NO2. The topological polar surface area (TPSA) is 49.7 Å². The van der Waals surface area contributed by atoms with Gasteiger partial charge in [0.1, 0.15) is 11.4 Å². The molecule has 0 aromatic heterocycles. The SMILES string of the molecule is CC(C)(c1cccc(C(C)(C)c2ccc(N=O)c(-c3ccccc3)c2)c1)c1ccc(O)c(-c2ccccc2)c1. The van der Waals surface area contributed by atoms with E-state index in [1.807, 2.05) is 78.9 Å². The number of benzene rings is 5. The van der Waals surface area contributed by atoms with Crippen LogP contribution in [0, 0.1) is 4.91 Å². The van der Waals surface area contributed by atoms with Crippen molar-refractivity contribution in [3.8, 4) is 28.0 Å². The largest absolute Gasteiger partial charge is 0.507 e. The van der Waals surface area contributed by atoms with Crippen molar-refractivity contribution in [3.05, 3.63) is 148 Å². The smallest absolute Gasteiger partial charge is 0.123 e. The highest BCUT2D eigenvalue weighted by Crippen LogP contribution is 2.41. The molecule has 0 radical (unpaired) electrons. The minimum atomic E-state index is -0.318.